The number of hydrogen-bond donors (Lipinski definition) is 0. The van der Waals surface area contributed by atoms with Crippen LogP contribution in [-0.2, 0) is 14.6 Å². The molecule has 5 nitrogen and oxygen atoms in total. The Labute approximate surface area is 151 Å². The van der Waals surface area contributed by atoms with Crippen molar-refractivity contribution in [2.45, 2.75) is 86.0 Å². The minimum Gasteiger partial charge on any atom is -0.726 e. The smallest absolute Gasteiger partial charge is 0.217 e. The first kappa shape index (κ1) is 26.1. The van der Waals surface area contributed by atoms with Crippen molar-refractivity contribution in [2.24, 2.45) is 0 Å². The minimum atomic E-state index is -4.42. The molecular weight excluding hydrogens is 326 g/mol. The molecule has 0 aromatic carbocycles. The number of quaternary nitrogens is 1. The van der Waals surface area contributed by atoms with Crippen LogP contribution in [-0.4, -0.2) is 50.2 Å². The van der Waals surface area contributed by atoms with E-state index in [1.807, 2.05) is 0 Å². The van der Waals surface area contributed by atoms with Crippen LogP contribution in [0.4, 0.5) is 0 Å². The molecule has 0 spiro atoms. The van der Waals surface area contributed by atoms with Crippen molar-refractivity contribution in [1.82, 2.24) is 0 Å². The van der Waals surface area contributed by atoms with Gasteiger partial charge >= 0.3 is 0 Å². The lowest BCUT2D eigenvalue weighted by Gasteiger charge is -2.35. The molecule has 0 amide bonds. The molecule has 0 unspecified atom stereocenters. The van der Waals surface area contributed by atoms with Crippen LogP contribution in [0.3, 0.4) is 0 Å². The van der Waals surface area contributed by atoms with Crippen LogP contribution >= 0.6 is 0 Å². The van der Waals surface area contributed by atoms with E-state index in [1.54, 1.807) is 0 Å². The Morgan fingerprint density at radius 1 is 0.750 bits per heavy atom. The normalized spacial score (nSPS) is 11.9. The first-order valence-electron chi connectivity index (χ1n) is 9.76. The molecule has 0 bridgehead atoms. The van der Waals surface area contributed by atoms with Gasteiger partial charge in [0.1, 0.15) is 0 Å². The summed E-state index contributed by atoms with van der Waals surface area (Å²) >= 11 is 0. The largest absolute Gasteiger partial charge is 0.726 e. The van der Waals surface area contributed by atoms with Crippen molar-refractivity contribution >= 4 is 10.4 Å². The van der Waals surface area contributed by atoms with Gasteiger partial charge < -0.3 is 9.04 Å². The number of nitrogens with zero attached hydrogens (tertiary/aromatic N) is 1. The van der Waals surface area contributed by atoms with Gasteiger partial charge in [0.25, 0.3) is 0 Å². The van der Waals surface area contributed by atoms with Gasteiger partial charge in [0.05, 0.1) is 32.8 Å². The number of unbranched alkanes of at least 4 members (excludes halogenated alkanes) is 7. The summed E-state index contributed by atoms with van der Waals surface area (Å²) in [4.78, 5) is 0. The molecule has 0 N–H and O–H groups in total. The summed E-state index contributed by atoms with van der Waals surface area (Å²) in [5.74, 6) is 0. The van der Waals surface area contributed by atoms with Gasteiger partial charge in [-0.1, -0.05) is 45.4 Å². The summed E-state index contributed by atoms with van der Waals surface area (Å²) in [6.45, 7) is 16.0. The number of rotatable bonds is 14. The molecule has 0 saturated heterocycles. The van der Waals surface area contributed by atoms with Crippen molar-refractivity contribution in [2.75, 3.05) is 32.8 Å². The third-order valence-corrected chi connectivity index (χ3v) is 5.29. The molecule has 0 atom stereocenters. The van der Waals surface area contributed by atoms with Gasteiger partial charge in [0.2, 0.25) is 10.4 Å². The maximum Gasteiger partial charge on any atom is 0.217 e. The van der Waals surface area contributed by atoms with E-state index in [0.29, 0.717) is 0 Å². The quantitative estimate of drug-likeness (QED) is 0.196. The van der Waals surface area contributed by atoms with Crippen molar-refractivity contribution in [3.05, 3.63) is 0 Å². The summed E-state index contributed by atoms with van der Waals surface area (Å²) in [6.07, 6.45) is 11.5. The lowest BCUT2D eigenvalue weighted by molar-refractivity contribution is -0.923. The second kappa shape index (κ2) is 16.3. The van der Waals surface area contributed by atoms with E-state index in [9.17, 15) is 13.0 Å². The molecule has 0 saturated carbocycles. The van der Waals surface area contributed by atoms with Gasteiger partial charge in [0, 0.05) is 0 Å². The molecule has 148 valence electrons. The Morgan fingerprint density at radius 3 is 1.46 bits per heavy atom. The lowest BCUT2D eigenvalue weighted by atomic mass is 10.1. The topological polar surface area (TPSA) is 66.4 Å². The summed E-state index contributed by atoms with van der Waals surface area (Å²) in [5, 5.41) is 0. The third-order valence-electron chi connectivity index (χ3n) is 4.76. The van der Waals surface area contributed by atoms with Crippen LogP contribution < -0.4 is 0 Å². The summed E-state index contributed by atoms with van der Waals surface area (Å²) < 4.78 is 33.3. The Morgan fingerprint density at radius 2 is 1.17 bits per heavy atom. The average molecular weight is 368 g/mol. The molecule has 6 heteroatoms. The molecule has 0 radical (unpaired) electrons. The Hall–Kier alpha value is -0.170. The average Bonchev–Trinajstić information content (AvgIpc) is 2.54. The van der Waals surface area contributed by atoms with Crippen LogP contribution in [0.15, 0.2) is 0 Å². The number of hydrogen-bond acceptors (Lipinski definition) is 4. The molecule has 0 aromatic heterocycles. The zero-order chi connectivity index (χ0) is 18.9. The Bertz CT molecular complexity index is 346. The second-order valence-corrected chi connectivity index (χ2v) is 7.36. The zero-order valence-electron chi connectivity index (χ0n) is 16.7. The maximum absolute atomic E-state index is 9.45. The molecule has 0 rings (SSSR count). The van der Waals surface area contributed by atoms with Crippen LogP contribution in [0.5, 0.6) is 0 Å². The van der Waals surface area contributed by atoms with Crippen molar-refractivity contribution in [3.8, 4) is 0 Å². The fraction of sp³-hybridized carbons (Fsp3) is 1.00. The summed E-state index contributed by atoms with van der Waals surface area (Å²) in [6, 6.07) is 0. The van der Waals surface area contributed by atoms with Crippen molar-refractivity contribution in [1.29, 1.82) is 0 Å². The summed E-state index contributed by atoms with van der Waals surface area (Å²) in [5.41, 5.74) is 0. The van der Waals surface area contributed by atoms with E-state index in [2.05, 4.69) is 31.9 Å². The van der Waals surface area contributed by atoms with E-state index in [-0.39, 0.29) is 6.61 Å². The zero-order valence-corrected chi connectivity index (χ0v) is 17.5. The monoisotopic (exact) mass is 367 g/mol. The maximum atomic E-state index is 9.45. The van der Waals surface area contributed by atoms with Gasteiger partial charge in [-0.2, -0.15) is 0 Å². The van der Waals surface area contributed by atoms with E-state index >= 15 is 0 Å². The van der Waals surface area contributed by atoms with E-state index < -0.39 is 10.4 Å². The van der Waals surface area contributed by atoms with E-state index in [4.69, 9.17) is 0 Å². The molecule has 0 fully saturated rings. The fourth-order valence-corrected chi connectivity index (χ4v) is 3.16. The first-order valence-corrected chi connectivity index (χ1v) is 11.1. The highest BCUT2D eigenvalue weighted by Crippen LogP contribution is 2.12. The van der Waals surface area contributed by atoms with Crippen LogP contribution in [0, 0.1) is 0 Å². The van der Waals surface area contributed by atoms with Crippen molar-refractivity contribution < 1.29 is 21.6 Å². The van der Waals surface area contributed by atoms with Crippen molar-refractivity contribution in [3.63, 3.8) is 0 Å². The lowest BCUT2D eigenvalue weighted by Crippen LogP contribution is -2.48. The Balaban J connectivity index is 0. The molecule has 0 aromatic rings. The SMILES string of the molecule is CCCCCCCCCC[N+](CC)(CC)CC.CCOS(=O)(=O)[O-]. The molecule has 24 heavy (non-hydrogen) atoms. The molecule has 0 aliphatic carbocycles. The first-order chi connectivity index (χ1) is 11.3. The second-order valence-electron chi connectivity index (χ2n) is 6.30. The predicted octanol–water partition coefficient (Wildman–Crippen LogP) is 4.49. The Kier molecular flexibility index (Phi) is 17.7. The predicted molar refractivity (Wildman–Crippen MR) is 101 cm³/mol. The van der Waals surface area contributed by atoms with Crippen LogP contribution in [0.25, 0.3) is 0 Å². The van der Waals surface area contributed by atoms with Gasteiger partial charge in [-0.05, 0) is 40.5 Å². The van der Waals surface area contributed by atoms with Gasteiger partial charge in [-0.25, -0.2) is 8.42 Å². The minimum absolute atomic E-state index is 0.0914. The van der Waals surface area contributed by atoms with E-state index in [1.165, 1.54) is 89.0 Å². The highest BCUT2D eigenvalue weighted by atomic mass is 32.3. The fourth-order valence-electron chi connectivity index (χ4n) is 2.87. The highest BCUT2D eigenvalue weighted by molar-refractivity contribution is 7.80. The summed E-state index contributed by atoms with van der Waals surface area (Å²) in [7, 11) is -4.42. The van der Waals surface area contributed by atoms with Gasteiger partial charge in [-0.3, -0.25) is 4.18 Å². The van der Waals surface area contributed by atoms with Gasteiger partial charge in [0.15, 0.2) is 0 Å². The highest BCUT2D eigenvalue weighted by Gasteiger charge is 2.19. The molecular formula is C18H41NO4S. The standard InChI is InChI=1S/C16H36N.C2H6O4S/c1-5-9-10-11-12-13-14-15-16-17(6-2,7-3)8-4;1-2-6-7(3,4)5/h5-16H2,1-4H3;2H2,1H3,(H,3,4,5)/q+1;/p-1. The molecule has 0 heterocycles. The molecule has 0 aliphatic heterocycles. The van der Waals surface area contributed by atoms with Gasteiger partial charge in [-0.15, -0.1) is 0 Å². The van der Waals surface area contributed by atoms with Crippen LogP contribution in [0.2, 0.25) is 0 Å². The van der Waals surface area contributed by atoms with E-state index in [0.717, 1.165) is 0 Å². The third kappa shape index (κ3) is 16.7. The molecule has 0 aliphatic rings. The van der Waals surface area contributed by atoms with Crippen LogP contribution in [0.1, 0.15) is 86.0 Å².